The Hall–Kier alpha value is -1.53. The van der Waals surface area contributed by atoms with E-state index in [-0.39, 0.29) is 5.60 Å². The molecule has 82 valence electrons. The van der Waals surface area contributed by atoms with Gasteiger partial charge in [-0.1, -0.05) is 0 Å². The minimum atomic E-state index is -0.0609. The summed E-state index contributed by atoms with van der Waals surface area (Å²) in [7, 11) is 0. The van der Waals surface area contributed by atoms with Crippen LogP contribution in [-0.2, 0) is 11.2 Å². The van der Waals surface area contributed by atoms with Gasteiger partial charge in [0.25, 0.3) is 0 Å². The highest BCUT2D eigenvalue weighted by molar-refractivity contribution is 5.45. The molecule has 0 radical (unpaired) electrons. The lowest BCUT2D eigenvalue weighted by atomic mass is 9.89. The standard InChI is InChI=1S/C13H13NO2/c14-9-10-1-2-12-11(7-10)8-13(16-12)3-5-15-6-4-13/h1-2,7H,3-6,8H2. The molecule has 3 rings (SSSR count). The van der Waals surface area contributed by atoms with Gasteiger partial charge in [0.1, 0.15) is 11.4 Å². The van der Waals surface area contributed by atoms with Gasteiger partial charge in [-0.3, -0.25) is 0 Å². The molecule has 0 atom stereocenters. The van der Waals surface area contributed by atoms with Crippen molar-refractivity contribution < 1.29 is 9.47 Å². The lowest BCUT2D eigenvalue weighted by Gasteiger charge is -2.32. The molecule has 0 aliphatic carbocycles. The molecule has 16 heavy (non-hydrogen) atoms. The molecule has 2 heterocycles. The Labute approximate surface area is 94.6 Å². The van der Waals surface area contributed by atoms with Crippen molar-refractivity contribution in [3.63, 3.8) is 0 Å². The molecular formula is C13H13NO2. The monoisotopic (exact) mass is 215 g/mol. The minimum Gasteiger partial charge on any atom is -0.486 e. The summed E-state index contributed by atoms with van der Waals surface area (Å²) in [4.78, 5) is 0. The topological polar surface area (TPSA) is 42.2 Å². The van der Waals surface area contributed by atoms with Crippen molar-refractivity contribution in [3.8, 4) is 11.8 Å². The fourth-order valence-electron chi connectivity index (χ4n) is 2.53. The van der Waals surface area contributed by atoms with Gasteiger partial charge in [-0.25, -0.2) is 0 Å². The van der Waals surface area contributed by atoms with Crippen LogP contribution in [0.3, 0.4) is 0 Å². The molecule has 1 fully saturated rings. The van der Waals surface area contributed by atoms with Gasteiger partial charge in [0.05, 0.1) is 24.8 Å². The molecule has 0 amide bonds. The van der Waals surface area contributed by atoms with Crippen molar-refractivity contribution in [2.45, 2.75) is 24.9 Å². The SMILES string of the molecule is N#Cc1ccc2c(c1)CC1(CCOCC1)O2. The van der Waals surface area contributed by atoms with Crippen molar-refractivity contribution >= 4 is 0 Å². The van der Waals surface area contributed by atoms with Crippen LogP contribution in [0.5, 0.6) is 5.75 Å². The zero-order valence-corrected chi connectivity index (χ0v) is 9.03. The number of hydrogen-bond donors (Lipinski definition) is 0. The Morgan fingerprint density at radius 1 is 1.25 bits per heavy atom. The van der Waals surface area contributed by atoms with Gasteiger partial charge in [0, 0.05) is 19.3 Å². The summed E-state index contributed by atoms with van der Waals surface area (Å²) in [6.45, 7) is 1.55. The van der Waals surface area contributed by atoms with E-state index < -0.39 is 0 Å². The largest absolute Gasteiger partial charge is 0.486 e. The predicted molar refractivity (Wildman–Crippen MR) is 58.3 cm³/mol. The quantitative estimate of drug-likeness (QED) is 0.665. The van der Waals surface area contributed by atoms with Crippen molar-refractivity contribution in [2.24, 2.45) is 0 Å². The summed E-state index contributed by atoms with van der Waals surface area (Å²) < 4.78 is 11.4. The van der Waals surface area contributed by atoms with Crippen LogP contribution in [0, 0.1) is 11.3 Å². The second-order valence-electron chi connectivity index (χ2n) is 4.51. The third-order valence-electron chi connectivity index (χ3n) is 3.43. The van der Waals surface area contributed by atoms with E-state index in [1.807, 2.05) is 18.2 Å². The van der Waals surface area contributed by atoms with Crippen LogP contribution in [0.1, 0.15) is 24.0 Å². The van der Waals surface area contributed by atoms with Crippen LogP contribution in [0.25, 0.3) is 0 Å². The van der Waals surface area contributed by atoms with Gasteiger partial charge >= 0.3 is 0 Å². The van der Waals surface area contributed by atoms with Crippen LogP contribution < -0.4 is 4.74 Å². The Kier molecular flexibility index (Phi) is 2.12. The first kappa shape index (κ1) is 9.68. The van der Waals surface area contributed by atoms with Crippen LogP contribution in [0.2, 0.25) is 0 Å². The molecule has 3 nitrogen and oxygen atoms in total. The second-order valence-corrected chi connectivity index (χ2v) is 4.51. The smallest absolute Gasteiger partial charge is 0.123 e. The number of hydrogen-bond acceptors (Lipinski definition) is 3. The molecule has 0 saturated carbocycles. The highest BCUT2D eigenvalue weighted by atomic mass is 16.5. The molecular weight excluding hydrogens is 202 g/mol. The predicted octanol–water partition coefficient (Wildman–Crippen LogP) is 2.04. The summed E-state index contributed by atoms with van der Waals surface area (Å²) in [5.41, 5.74) is 1.82. The number of fused-ring (bicyclic) bond motifs is 1. The van der Waals surface area contributed by atoms with Gasteiger partial charge in [-0.2, -0.15) is 5.26 Å². The average molecular weight is 215 g/mol. The van der Waals surface area contributed by atoms with Crippen molar-refractivity contribution in [3.05, 3.63) is 29.3 Å². The molecule has 0 bridgehead atoms. The van der Waals surface area contributed by atoms with Crippen LogP contribution in [0.4, 0.5) is 0 Å². The van der Waals surface area contributed by atoms with Gasteiger partial charge in [-0.05, 0) is 23.8 Å². The van der Waals surface area contributed by atoms with E-state index in [9.17, 15) is 0 Å². The molecule has 1 aromatic rings. The molecule has 2 aliphatic rings. The second kappa shape index (κ2) is 3.50. The summed E-state index contributed by atoms with van der Waals surface area (Å²) in [6.07, 6.45) is 2.81. The number of rotatable bonds is 0. The molecule has 0 N–H and O–H groups in total. The van der Waals surface area contributed by atoms with Crippen LogP contribution in [0.15, 0.2) is 18.2 Å². The van der Waals surface area contributed by atoms with E-state index in [0.717, 1.165) is 38.2 Å². The van der Waals surface area contributed by atoms with Crippen LogP contribution >= 0.6 is 0 Å². The Bertz CT molecular complexity index is 455. The average Bonchev–Trinajstić information content (AvgIpc) is 2.66. The maximum absolute atomic E-state index is 8.86. The van der Waals surface area contributed by atoms with E-state index in [1.54, 1.807) is 0 Å². The number of benzene rings is 1. The van der Waals surface area contributed by atoms with Gasteiger partial charge in [0.15, 0.2) is 0 Å². The zero-order valence-electron chi connectivity index (χ0n) is 9.03. The zero-order chi connectivity index (χ0) is 11.0. The fourth-order valence-corrected chi connectivity index (χ4v) is 2.53. The molecule has 1 aromatic carbocycles. The highest BCUT2D eigenvalue weighted by Gasteiger charge is 2.40. The maximum Gasteiger partial charge on any atom is 0.123 e. The van der Waals surface area contributed by atoms with Crippen molar-refractivity contribution in [1.82, 2.24) is 0 Å². The van der Waals surface area contributed by atoms with E-state index >= 15 is 0 Å². The van der Waals surface area contributed by atoms with Crippen molar-refractivity contribution in [2.75, 3.05) is 13.2 Å². The van der Waals surface area contributed by atoms with E-state index in [4.69, 9.17) is 14.7 Å². The van der Waals surface area contributed by atoms with E-state index in [2.05, 4.69) is 6.07 Å². The normalized spacial score (nSPS) is 21.2. The third-order valence-corrected chi connectivity index (χ3v) is 3.43. The molecule has 1 saturated heterocycles. The van der Waals surface area contributed by atoms with Gasteiger partial charge in [0.2, 0.25) is 0 Å². The summed E-state index contributed by atoms with van der Waals surface area (Å²) >= 11 is 0. The number of ether oxygens (including phenoxy) is 2. The van der Waals surface area contributed by atoms with E-state index in [0.29, 0.717) is 5.56 Å². The first-order valence-corrected chi connectivity index (χ1v) is 5.61. The molecule has 0 aromatic heterocycles. The van der Waals surface area contributed by atoms with Crippen molar-refractivity contribution in [1.29, 1.82) is 5.26 Å². The summed E-state index contributed by atoms with van der Waals surface area (Å²) in [6, 6.07) is 7.84. The first-order chi connectivity index (χ1) is 7.81. The molecule has 1 spiro atoms. The Morgan fingerprint density at radius 3 is 2.81 bits per heavy atom. The number of nitriles is 1. The molecule has 2 aliphatic heterocycles. The third kappa shape index (κ3) is 1.46. The lowest BCUT2D eigenvalue weighted by Crippen LogP contribution is -2.40. The summed E-state index contributed by atoms with van der Waals surface area (Å²) in [5.74, 6) is 0.945. The van der Waals surface area contributed by atoms with E-state index in [1.165, 1.54) is 5.56 Å². The first-order valence-electron chi connectivity index (χ1n) is 5.61. The van der Waals surface area contributed by atoms with Gasteiger partial charge < -0.3 is 9.47 Å². The maximum atomic E-state index is 8.86. The summed E-state index contributed by atoms with van der Waals surface area (Å²) in [5, 5.41) is 8.86. The molecule has 0 unspecified atom stereocenters. The Balaban J connectivity index is 1.91. The van der Waals surface area contributed by atoms with Gasteiger partial charge in [-0.15, -0.1) is 0 Å². The lowest BCUT2D eigenvalue weighted by molar-refractivity contribution is -0.0330. The van der Waals surface area contributed by atoms with Crippen LogP contribution in [-0.4, -0.2) is 18.8 Å². The fraction of sp³-hybridized carbons (Fsp3) is 0.462. The minimum absolute atomic E-state index is 0.0609. The molecule has 3 heteroatoms. The Morgan fingerprint density at radius 2 is 2.06 bits per heavy atom. The highest BCUT2D eigenvalue weighted by Crippen LogP contribution is 2.40. The number of nitrogens with zero attached hydrogens (tertiary/aromatic N) is 1.